The molecule has 1 saturated carbocycles. The second-order valence-electron chi connectivity index (χ2n) is 8.41. The van der Waals surface area contributed by atoms with Crippen molar-refractivity contribution in [2.45, 2.75) is 52.0 Å². The highest BCUT2D eigenvalue weighted by Gasteiger charge is 2.32. The van der Waals surface area contributed by atoms with Crippen LogP contribution in [0.1, 0.15) is 53.6 Å². The van der Waals surface area contributed by atoms with Gasteiger partial charge in [0.1, 0.15) is 11.9 Å². The third kappa shape index (κ3) is 6.09. The molecule has 0 bridgehead atoms. The number of para-hydroxylation sites is 1. The number of amides is 3. The van der Waals surface area contributed by atoms with Crippen molar-refractivity contribution in [2.75, 3.05) is 17.7 Å². The maximum atomic E-state index is 14.0. The molecule has 8 heteroatoms. The number of hydrogen-bond donors (Lipinski definition) is 3. The highest BCUT2D eigenvalue weighted by molar-refractivity contribution is 6.07. The summed E-state index contributed by atoms with van der Waals surface area (Å²) in [5.41, 5.74) is 2.44. The predicted octanol–water partition coefficient (Wildman–Crippen LogP) is 4.94. The third-order valence-electron chi connectivity index (χ3n) is 6.06. The van der Waals surface area contributed by atoms with Crippen molar-refractivity contribution in [3.63, 3.8) is 0 Å². The van der Waals surface area contributed by atoms with E-state index in [-0.39, 0.29) is 17.2 Å². The van der Waals surface area contributed by atoms with Gasteiger partial charge in [-0.25, -0.2) is 14.0 Å². The quantitative estimate of drug-likeness (QED) is 0.538. The van der Waals surface area contributed by atoms with E-state index in [0.29, 0.717) is 5.69 Å². The van der Waals surface area contributed by atoms with E-state index in [2.05, 4.69) is 16.0 Å². The number of ether oxygens (including phenoxy) is 1. The molecule has 2 aromatic carbocycles. The Morgan fingerprint density at radius 1 is 1.00 bits per heavy atom. The smallest absolute Gasteiger partial charge is 0.328 e. The second kappa shape index (κ2) is 10.9. The fraction of sp³-hybridized carbons (Fsp3) is 0.400. The largest absolute Gasteiger partial charge is 0.467 e. The minimum atomic E-state index is -0.802. The molecule has 176 valence electrons. The predicted molar refractivity (Wildman–Crippen MR) is 125 cm³/mol. The number of halogens is 1. The molecule has 1 atom stereocenters. The standard InChI is InChI=1S/C25H30FN3O4/c1-15-8-7-9-16(2)21(15)29-25(32)27-20-14-18(26)12-13-19(20)23(30)28-22(24(31)33-3)17-10-5-4-6-11-17/h7-9,12-14,17,22H,4-6,10-11H2,1-3H3,(H,28,30)(H2,27,29,32)/t22-/m0/s1. The Bertz CT molecular complexity index is 1010. The van der Waals surface area contributed by atoms with Crippen LogP contribution in [0.3, 0.4) is 0 Å². The first-order valence-electron chi connectivity index (χ1n) is 11.1. The molecule has 3 rings (SSSR count). The summed E-state index contributed by atoms with van der Waals surface area (Å²) in [5.74, 6) is -1.73. The molecule has 0 radical (unpaired) electrons. The van der Waals surface area contributed by atoms with E-state index < -0.39 is 29.8 Å². The Morgan fingerprint density at radius 2 is 1.67 bits per heavy atom. The van der Waals surface area contributed by atoms with Crippen molar-refractivity contribution in [3.05, 3.63) is 58.9 Å². The van der Waals surface area contributed by atoms with Crippen LogP contribution >= 0.6 is 0 Å². The van der Waals surface area contributed by atoms with Gasteiger partial charge in [0.05, 0.1) is 18.4 Å². The zero-order valence-electron chi connectivity index (χ0n) is 19.2. The number of hydrogen-bond acceptors (Lipinski definition) is 4. The fourth-order valence-electron chi connectivity index (χ4n) is 4.28. The van der Waals surface area contributed by atoms with Gasteiger partial charge in [0.15, 0.2) is 0 Å². The highest BCUT2D eigenvalue weighted by atomic mass is 19.1. The van der Waals surface area contributed by atoms with Crippen molar-refractivity contribution >= 4 is 29.3 Å². The number of benzene rings is 2. The number of rotatable bonds is 6. The van der Waals surface area contributed by atoms with Crippen LogP contribution in [-0.4, -0.2) is 31.1 Å². The normalized spacial score (nSPS) is 14.8. The molecule has 0 aliphatic heterocycles. The lowest BCUT2D eigenvalue weighted by Crippen LogP contribution is -2.47. The number of nitrogens with one attached hydrogen (secondary N) is 3. The Labute approximate surface area is 193 Å². The molecular formula is C25H30FN3O4. The molecule has 0 heterocycles. The molecule has 1 aliphatic rings. The Hall–Kier alpha value is -3.42. The van der Waals surface area contributed by atoms with Crippen LogP contribution in [0.5, 0.6) is 0 Å². The van der Waals surface area contributed by atoms with E-state index in [1.54, 1.807) is 0 Å². The van der Waals surface area contributed by atoms with Crippen LogP contribution in [0.4, 0.5) is 20.6 Å². The maximum absolute atomic E-state index is 14.0. The minimum absolute atomic E-state index is 0.00324. The summed E-state index contributed by atoms with van der Waals surface area (Å²) in [6.45, 7) is 3.73. The van der Waals surface area contributed by atoms with E-state index in [9.17, 15) is 18.8 Å². The lowest BCUT2D eigenvalue weighted by molar-refractivity contribution is -0.144. The summed E-state index contributed by atoms with van der Waals surface area (Å²) in [4.78, 5) is 38.1. The highest BCUT2D eigenvalue weighted by Crippen LogP contribution is 2.28. The van der Waals surface area contributed by atoms with E-state index in [4.69, 9.17) is 4.74 Å². The van der Waals surface area contributed by atoms with E-state index >= 15 is 0 Å². The number of anilines is 2. The number of methoxy groups -OCH3 is 1. The molecule has 3 amide bonds. The average Bonchev–Trinajstić information content (AvgIpc) is 2.80. The van der Waals surface area contributed by atoms with Crippen LogP contribution in [0.25, 0.3) is 0 Å². The van der Waals surface area contributed by atoms with Gasteiger partial charge in [-0.3, -0.25) is 4.79 Å². The van der Waals surface area contributed by atoms with Crippen molar-refractivity contribution < 1.29 is 23.5 Å². The average molecular weight is 456 g/mol. The molecule has 1 fully saturated rings. The molecule has 33 heavy (non-hydrogen) atoms. The van der Waals surface area contributed by atoms with E-state index in [1.165, 1.54) is 13.2 Å². The van der Waals surface area contributed by atoms with Crippen LogP contribution < -0.4 is 16.0 Å². The SMILES string of the molecule is COC(=O)[C@@H](NC(=O)c1ccc(F)cc1NC(=O)Nc1c(C)cccc1C)C1CCCCC1. The summed E-state index contributed by atoms with van der Waals surface area (Å²) >= 11 is 0. The molecule has 0 spiro atoms. The van der Waals surface area contributed by atoms with Gasteiger partial charge >= 0.3 is 12.0 Å². The molecule has 7 nitrogen and oxygen atoms in total. The molecule has 1 aliphatic carbocycles. The molecule has 0 unspecified atom stereocenters. The lowest BCUT2D eigenvalue weighted by Gasteiger charge is -2.29. The summed E-state index contributed by atoms with van der Waals surface area (Å²) in [6, 6.07) is 7.70. The number of carbonyl (C=O) groups is 3. The van der Waals surface area contributed by atoms with Crippen molar-refractivity contribution in [1.29, 1.82) is 0 Å². The van der Waals surface area contributed by atoms with Crippen LogP contribution in [0.15, 0.2) is 36.4 Å². The summed E-state index contributed by atoms with van der Waals surface area (Å²) in [7, 11) is 1.28. The Balaban J connectivity index is 1.79. The third-order valence-corrected chi connectivity index (χ3v) is 6.06. The minimum Gasteiger partial charge on any atom is -0.467 e. The zero-order valence-corrected chi connectivity index (χ0v) is 19.2. The Kier molecular flexibility index (Phi) is 8.03. The van der Waals surface area contributed by atoms with Gasteiger partial charge in [-0.1, -0.05) is 37.5 Å². The van der Waals surface area contributed by atoms with Gasteiger partial charge in [0.2, 0.25) is 0 Å². The van der Waals surface area contributed by atoms with Crippen molar-refractivity contribution in [2.24, 2.45) is 5.92 Å². The van der Waals surface area contributed by atoms with E-state index in [0.717, 1.165) is 55.4 Å². The Morgan fingerprint density at radius 3 is 2.30 bits per heavy atom. The van der Waals surface area contributed by atoms with Gasteiger partial charge in [-0.2, -0.15) is 0 Å². The van der Waals surface area contributed by atoms with Gasteiger partial charge in [0, 0.05) is 5.69 Å². The summed E-state index contributed by atoms with van der Waals surface area (Å²) in [5, 5.41) is 8.07. The van der Waals surface area contributed by atoms with Crippen molar-refractivity contribution in [1.82, 2.24) is 5.32 Å². The lowest BCUT2D eigenvalue weighted by atomic mass is 9.83. The molecule has 3 N–H and O–H groups in total. The maximum Gasteiger partial charge on any atom is 0.328 e. The van der Waals surface area contributed by atoms with Gasteiger partial charge in [0.25, 0.3) is 5.91 Å². The topological polar surface area (TPSA) is 96.5 Å². The van der Waals surface area contributed by atoms with Gasteiger partial charge in [-0.05, 0) is 61.9 Å². The van der Waals surface area contributed by atoms with Crippen LogP contribution in [0.2, 0.25) is 0 Å². The van der Waals surface area contributed by atoms with Gasteiger partial charge < -0.3 is 20.7 Å². The van der Waals surface area contributed by atoms with Crippen molar-refractivity contribution in [3.8, 4) is 0 Å². The zero-order chi connectivity index (χ0) is 24.0. The molecule has 0 aromatic heterocycles. The summed E-state index contributed by atoms with van der Waals surface area (Å²) in [6.07, 6.45) is 4.69. The first-order chi connectivity index (χ1) is 15.8. The molecule has 2 aromatic rings. The first-order valence-corrected chi connectivity index (χ1v) is 11.1. The second-order valence-corrected chi connectivity index (χ2v) is 8.41. The number of urea groups is 1. The van der Waals surface area contributed by atoms with Crippen LogP contribution in [-0.2, 0) is 9.53 Å². The summed E-state index contributed by atoms with van der Waals surface area (Å²) < 4.78 is 18.9. The first kappa shape index (κ1) is 24.2. The number of aryl methyl sites for hydroxylation is 2. The van der Waals surface area contributed by atoms with Crippen LogP contribution in [0, 0.1) is 25.6 Å². The molecule has 0 saturated heterocycles. The van der Waals surface area contributed by atoms with E-state index in [1.807, 2.05) is 32.0 Å². The fourth-order valence-corrected chi connectivity index (χ4v) is 4.28. The van der Waals surface area contributed by atoms with Gasteiger partial charge in [-0.15, -0.1) is 0 Å². The number of carbonyl (C=O) groups excluding carboxylic acids is 3. The number of esters is 1. The monoisotopic (exact) mass is 455 g/mol. The molecular weight excluding hydrogens is 425 g/mol.